The number of hydrogen-bond donors (Lipinski definition) is 0. The maximum atomic E-state index is 13.5. The first-order valence-electron chi connectivity index (χ1n) is 13.8. The third-order valence-electron chi connectivity index (χ3n) is 7.58. The van der Waals surface area contributed by atoms with Crippen molar-refractivity contribution in [2.45, 2.75) is 39.3 Å². The molecule has 40 heavy (non-hydrogen) atoms. The number of para-hydroxylation sites is 3. The number of nitrogens with zero attached hydrogens (tertiary/aromatic N) is 4. The first kappa shape index (κ1) is 29.0. The molecule has 1 unspecified atom stereocenters. The Kier molecular flexibility index (Phi) is 10.0. The lowest BCUT2D eigenvalue weighted by molar-refractivity contribution is -0.145. The largest absolute Gasteiger partial charge is 0.495 e. The van der Waals surface area contributed by atoms with Gasteiger partial charge in [0.15, 0.2) is 0 Å². The molecule has 0 bridgehead atoms. The molecule has 1 fully saturated rings. The van der Waals surface area contributed by atoms with E-state index in [1.807, 2.05) is 37.3 Å². The van der Waals surface area contributed by atoms with Gasteiger partial charge in [-0.05, 0) is 37.1 Å². The molecule has 2 heterocycles. The molecule has 212 valence electrons. The first-order chi connectivity index (χ1) is 19.5. The first-order valence-corrected chi connectivity index (χ1v) is 13.8. The Morgan fingerprint density at radius 2 is 1.65 bits per heavy atom. The Bertz CT molecular complexity index is 1490. The van der Waals surface area contributed by atoms with Gasteiger partial charge in [-0.3, -0.25) is 23.6 Å². The Hall–Kier alpha value is -4.03. The molecule has 3 aromatic rings. The highest BCUT2D eigenvalue weighted by Gasteiger charge is 2.20. The number of ether oxygens (including phenoxy) is 2. The summed E-state index contributed by atoms with van der Waals surface area (Å²) in [5.41, 5.74) is 1.03. The summed E-state index contributed by atoms with van der Waals surface area (Å²) in [5.74, 6) is 6.61. The quantitative estimate of drug-likeness (QED) is 0.286. The molecule has 1 saturated heterocycles. The van der Waals surface area contributed by atoms with Crippen LogP contribution in [-0.4, -0.2) is 66.9 Å². The van der Waals surface area contributed by atoms with Gasteiger partial charge in [0.2, 0.25) is 0 Å². The zero-order valence-corrected chi connectivity index (χ0v) is 23.6. The van der Waals surface area contributed by atoms with E-state index < -0.39 is 0 Å². The summed E-state index contributed by atoms with van der Waals surface area (Å²) in [7, 11) is 3.08. The fraction of sp³-hybridized carbons (Fsp3) is 0.452. The molecule has 1 aliphatic heterocycles. The van der Waals surface area contributed by atoms with Gasteiger partial charge in [0.25, 0.3) is 5.56 Å². The zero-order chi connectivity index (χ0) is 28.5. The molecule has 0 amide bonds. The fourth-order valence-corrected chi connectivity index (χ4v) is 5.19. The highest BCUT2D eigenvalue weighted by molar-refractivity contribution is 5.78. The molecule has 0 aliphatic carbocycles. The molecule has 1 aromatic heterocycles. The standard InChI is InChI=1S/C31H38N4O5/c1-4-24(30(37)40-3)12-6-5-11-17-34-26-14-8-7-13-25(26)29(36)35(31(34)38)23-20-32-18-21-33(22-19-32)27-15-9-10-16-28(27)39-2/h7-10,13-16,24H,4,6,12,17-23H2,1-3H3. The van der Waals surface area contributed by atoms with Gasteiger partial charge in [0.05, 0.1) is 43.3 Å². The predicted molar refractivity (Wildman–Crippen MR) is 157 cm³/mol. The van der Waals surface area contributed by atoms with Gasteiger partial charge in [-0.1, -0.05) is 37.1 Å². The number of hydrogen-bond acceptors (Lipinski definition) is 7. The summed E-state index contributed by atoms with van der Waals surface area (Å²) in [6.45, 7) is 6.35. The van der Waals surface area contributed by atoms with Crippen molar-refractivity contribution in [2.75, 3.05) is 51.8 Å². The molecule has 0 radical (unpaired) electrons. The maximum Gasteiger partial charge on any atom is 0.332 e. The molecule has 9 nitrogen and oxygen atoms in total. The summed E-state index contributed by atoms with van der Waals surface area (Å²) in [4.78, 5) is 43.2. The lowest BCUT2D eigenvalue weighted by Gasteiger charge is -2.36. The molecule has 1 aliphatic rings. The van der Waals surface area contributed by atoms with E-state index in [-0.39, 0.29) is 29.7 Å². The van der Waals surface area contributed by atoms with E-state index in [1.54, 1.807) is 23.8 Å². The highest BCUT2D eigenvalue weighted by Crippen LogP contribution is 2.28. The van der Waals surface area contributed by atoms with Crippen LogP contribution in [0.2, 0.25) is 0 Å². The number of benzene rings is 2. The second-order valence-corrected chi connectivity index (χ2v) is 9.86. The second-order valence-electron chi connectivity index (χ2n) is 9.86. The van der Waals surface area contributed by atoms with Gasteiger partial charge in [-0.25, -0.2) is 4.79 Å². The number of methoxy groups -OCH3 is 2. The number of fused-ring (bicyclic) bond motifs is 1. The fourth-order valence-electron chi connectivity index (χ4n) is 5.19. The van der Waals surface area contributed by atoms with Crippen LogP contribution in [0.3, 0.4) is 0 Å². The monoisotopic (exact) mass is 546 g/mol. The zero-order valence-electron chi connectivity index (χ0n) is 23.6. The molecule has 9 heteroatoms. The van der Waals surface area contributed by atoms with Crippen molar-refractivity contribution < 1.29 is 14.3 Å². The maximum absolute atomic E-state index is 13.5. The third kappa shape index (κ3) is 6.57. The van der Waals surface area contributed by atoms with Crippen molar-refractivity contribution in [1.82, 2.24) is 14.0 Å². The van der Waals surface area contributed by atoms with E-state index in [0.717, 1.165) is 37.6 Å². The Labute approximate surface area is 234 Å². The Morgan fingerprint density at radius 1 is 0.925 bits per heavy atom. The summed E-state index contributed by atoms with van der Waals surface area (Å²) < 4.78 is 13.3. The van der Waals surface area contributed by atoms with E-state index in [2.05, 4.69) is 27.7 Å². The molecule has 1 atom stereocenters. The van der Waals surface area contributed by atoms with Crippen molar-refractivity contribution >= 4 is 22.6 Å². The van der Waals surface area contributed by atoms with Gasteiger partial charge in [-0.2, -0.15) is 0 Å². The lowest BCUT2D eigenvalue weighted by Crippen LogP contribution is -2.49. The normalized spacial score (nSPS) is 14.4. The van der Waals surface area contributed by atoms with Crippen LogP contribution in [0.25, 0.3) is 10.9 Å². The molecule has 0 saturated carbocycles. The molecule has 2 aromatic carbocycles. The topological polar surface area (TPSA) is 86.0 Å². The molecular formula is C31H38N4O5. The van der Waals surface area contributed by atoms with E-state index in [1.165, 1.54) is 11.7 Å². The van der Waals surface area contributed by atoms with Crippen LogP contribution < -0.4 is 20.9 Å². The van der Waals surface area contributed by atoms with Crippen molar-refractivity contribution in [3.63, 3.8) is 0 Å². The molecule has 4 rings (SSSR count). The van der Waals surface area contributed by atoms with Crippen molar-refractivity contribution in [3.05, 3.63) is 69.4 Å². The van der Waals surface area contributed by atoms with E-state index in [0.29, 0.717) is 43.3 Å². The third-order valence-corrected chi connectivity index (χ3v) is 7.58. The number of anilines is 1. The van der Waals surface area contributed by atoms with Crippen LogP contribution in [0.15, 0.2) is 58.1 Å². The number of carbonyl (C=O) groups excluding carboxylic acids is 1. The van der Waals surface area contributed by atoms with E-state index >= 15 is 0 Å². The number of piperazine rings is 1. The number of aromatic nitrogens is 2. The second kappa shape index (κ2) is 13.9. The number of carbonyl (C=O) groups is 1. The summed E-state index contributed by atoms with van der Waals surface area (Å²) in [6, 6.07) is 15.2. The van der Waals surface area contributed by atoms with Crippen LogP contribution in [0.5, 0.6) is 5.75 Å². The average molecular weight is 547 g/mol. The molecular weight excluding hydrogens is 508 g/mol. The van der Waals surface area contributed by atoms with Crippen LogP contribution in [0.4, 0.5) is 5.69 Å². The molecule has 0 spiro atoms. The lowest BCUT2D eigenvalue weighted by atomic mass is 10.0. The van der Waals surface area contributed by atoms with Crippen molar-refractivity contribution in [2.24, 2.45) is 5.92 Å². The van der Waals surface area contributed by atoms with Crippen LogP contribution in [0.1, 0.15) is 26.2 Å². The van der Waals surface area contributed by atoms with E-state index in [4.69, 9.17) is 9.47 Å². The SMILES string of the molecule is CCC(CCC#CCn1c(=O)n(CCN2CCN(c3ccccc3OC)CC2)c(=O)c2ccccc21)C(=O)OC. The highest BCUT2D eigenvalue weighted by atomic mass is 16.5. The van der Waals surface area contributed by atoms with Crippen LogP contribution >= 0.6 is 0 Å². The van der Waals surface area contributed by atoms with Gasteiger partial charge >= 0.3 is 11.7 Å². The van der Waals surface area contributed by atoms with Crippen molar-refractivity contribution in [3.8, 4) is 17.6 Å². The van der Waals surface area contributed by atoms with Crippen LogP contribution in [-0.2, 0) is 22.6 Å². The average Bonchev–Trinajstić information content (AvgIpc) is 3.00. The van der Waals surface area contributed by atoms with Crippen molar-refractivity contribution in [1.29, 1.82) is 0 Å². The predicted octanol–water partition coefficient (Wildman–Crippen LogP) is 2.98. The van der Waals surface area contributed by atoms with Crippen LogP contribution in [0, 0.1) is 17.8 Å². The van der Waals surface area contributed by atoms with Gasteiger partial charge in [-0.15, -0.1) is 5.92 Å². The minimum atomic E-state index is -0.355. The minimum absolute atomic E-state index is 0.173. The summed E-state index contributed by atoms with van der Waals surface area (Å²) >= 11 is 0. The van der Waals surface area contributed by atoms with E-state index in [9.17, 15) is 14.4 Å². The minimum Gasteiger partial charge on any atom is -0.495 e. The van der Waals surface area contributed by atoms with Gasteiger partial charge in [0, 0.05) is 45.7 Å². The Morgan fingerprint density at radius 3 is 2.38 bits per heavy atom. The summed E-state index contributed by atoms with van der Waals surface area (Å²) in [6.07, 6.45) is 1.83. The smallest absolute Gasteiger partial charge is 0.332 e. The molecule has 0 N–H and O–H groups in total. The van der Waals surface area contributed by atoms with Gasteiger partial charge < -0.3 is 14.4 Å². The summed E-state index contributed by atoms with van der Waals surface area (Å²) in [5, 5.41) is 0.502. The van der Waals surface area contributed by atoms with Gasteiger partial charge in [0.1, 0.15) is 5.75 Å². The Balaban J connectivity index is 1.45. The number of rotatable bonds is 10. The number of esters is 1.